The van der Waals surface area contributed by atoms with Crippen molar-refractivity contribution in [3.63, 3.8) is 0 Å². The fourth-order valence-corrected chi connectivity index (χ4v) is 9.17. The molecule has 4 aliphatic rings. The fourth-order valence-electron chi connectivity index (χ4n) is 9.17. The van der Waals surface area contributed by atoms with Crippen LogP contribution in [-0.4, -0.2) is 59.9 Å². The van der Waals surface area contributed by atoms with Gasteiger partial charge in [-0.15, -0.1) is 0 Å². The van der Waals surface area contributed by atoms with Crippen LogP contribution >= 0.6 is 0 Å². The van der Waals surface area contributed by atoms with Gasteiger partial charge in [-0.1, -0.05) is 56.7 Å². The monoisotopic (exact) mass is 520 g/mol. The first-order chi connectivity index (χ1) is 18.0. The number of carbonyl (C=O) groups excluding carboxylic acids is 1. The molecule has 0 unspecified atom stereocenters. The average molecular weight is 521 g/mol. The van der Waals surface area contributed by atoms with E-state index >= 15 is 0 Å². The lowest BCUT2D eigenvalue weighted by Gasteiger charge is -2.53. The van der Waals surface area contributed by atoms with Gasteiger partial charge >= 0.3 is 0 Å². The zero-order chi connectivity index (χ0) is 27.5. The van der Waals surface area contributed by atoms with E-state index in [-0.39, 0.29) is 47.3 Å². The van der Waals surface area contributed by atoms with Crippen LogP contribution in [0.25, 0.3) is 0 Å². The number of aliphatic hydroxyl groups excluding tert-OH is 2. The number of rotatable bonds is 5. The lowest BCUT2D eigenvalue weighted by atomic mass is 9.51. The van der Waals surface area contributed by atoms with E-state index < -0.39 is 5.41 Å². The van der Waals surface area contributed by atoms with Crippen LogP contribution < -0.4 is 5.32 Å². The Morgan fingerprint density at radius 1 is 1.08 bits per heavy atom. The van der Waals surface area contributed by atoms with Crippen LogP contribution in [0.2, 0.25) is 0 Å². The molecule has 0 aromatic heterocycles. The van der Waals surface area contributed by atoms with Crippen LogP contribution in [0, 0.1) is 34.0 Å². The number of benzene rings is 1. The molecular formula is C33H48N2O3. The second kappa shape index (κ2) is 9.91. The van der Waals surface area contributed by atoms with E-state index in [0.717, 1.165) is 38.5 Å². The highest BCUT2D eigenvalue weighted by Gasteiger charge is 2.64. The van der Waals surface area contributed by atoms with Crippen LogP contribution in [0.1, 0.15) is 76.6 Å². The average Bonchev–Trinajstić information content (AvgIpc) is 3.00. The predicted molar refractivity (Wildman–Crippen MR) is 153 cm³/mol. The summed E-state index contributed by atoms with van der Waals surface area (Å²) in [5.41, 5.74) is 3.19. The Morgan fingerprint density at radius 2 is 1.76 bits per heavy atom. The van der Waals surface area contributed by atoms with Crippen LogP contribution in [0.4, 0.5) is 0 Å². The van der Waals surface area contributed by atoms with Crippen molar-refractivity contribution >= 4 is 5.91 Å². The molecule has 4 aliphatic carbocycles. The van der Waals surface area contributed by atoms with Crippen LogP contribution in [-0.2, 0) is 0 Å². The smallest absolute Gasteiger partial charge is 0.251 e. The standard InChI is InChI=1S/C33H48N2O3/c1-21(35(5)6)29-27(37)19-33(4)26-14-13-25-23(18-24(26)16-17-32(29,33)3)12-15-28(31(25,2)20-36)34-30(38)22-10-8-7-9-11-22/h7-11,16,18,21,25-29,36-37H,12-15,17,19-20H2,1-6H3,(H,34,38)/t21-,25+,26+,27+,28-,29-,31+,32+,33-/m0/s1. The third kappa shape index (κ3) is 4.12. The summed E-state index contributed by atoms with van der Waals surface area (Å²) in [5, 5.41) is 25.5. The van der Waals surface area contributed by atoms with Gasteiger partial charge < -0.3 is 20.4 Å². The summed E-state index contributed by atoms with van der Waals surface area (Å²) in [4.78, 5) is 15.3. The van der Waals surface area contributed by atoms with E-state index in [4.69, 9.17) is 0 Å². The Morgan fingerprint density at radius 3 is 2.42 bits per heavy atom. The Hall–Kier alpha value is -1.95. The highest BCUT2D eigenvalue weighted by atomic mass is 16.3. The molecular weight excluding hydrogens is 472 g/mol. The lowest BCUT2D eigenvalue weighted by Crippen LogP contribution is -2.54. The van der Waals surface area contributed by atoms with E-state index in [2.05, 4.69) is 64.2 Å². The molecule has 2 saturated carbocycles. The number of aliphatic hydroxyl groups is 2. The SMILES string of the molecule is C[C@@H]([C@H]1[C@H](O)C[C@@]2(C)[C@@H]3CC[C@@H]4C(=CC3=CC[C@]12C)CC[C@H](NC(=O)c1ccccc1)[C@]4(C)CO)N(C)C. The summed E-state index contributed by atoms with van der Waals surface area (Å²) in [6.45, 7) is 9.36. The van der Waals surface area contributed by atoms with Crippen molar-refractivity contribution < 1.29 is 15.0 Å². The molecule has 0 saturated heterocycles. The highest BCUT2D eigenvalue weighted by molar-refractivity contribution is 5.94. The van der Waals surface area contributed by atoms with Crippen LogP contribution in [0.3, 0.4) is 0 Å². The summed E-state index contributed by atoms with van der Waals surface area (Å²) < 4.78 is 0. The minimum Gasteiger partial charge on any atom is -0.396 e. The molecule has 1 aromatic carbocycles. The third-order valence-corrected chi connectivity index (χ3v) is 11.9. The molecule has 2 fully saturated rings. The molecule has 1 aromatic rings. The predicted octanol–water partition coefficient (Wildman–Crippen LogP) is 5.20. The number of carbonyl (C=O) groups is 1. The molecule has 9 atom stereocenters. The summed E-state index contributed by atoms with van der Waals surface area (Å²) in [6.07, 6.45) is 10.3. The zero-order valence-electron chi connectivity index (χ0n) is 24.2. The molecule has 5 rings (SSSR count). The second-order valence-electron chi connectivity index (χ2n) is 13.7. The number of allylic oxidation sites excluding steroid dienone is 4. The summed E-state index contributed by atoms with van der Waals surface area (Å²) >= 11 is 0. The quantitative estimate of drug-likeness (QED) is 0.499. The Kier molecular flexibility index (Phi) is 7.20. The van der Waals surface area contributed by atoms with Crippen molar-refractivity contribution in [1.29, 1.82) is 0 Å². The molecule has 5 nitrogen and oxygen atoms in total. The molecule has 3 N–H and O–H groups in total. The lowest BCUT2D eigenvalue weighted by molar-refractivity contribution is -0.0245. The first-order valence-corrected chi connectivity index (χ1v) is 14.7. The van der Waals surface area contributed by atoms with E-state index in [1.165, 1.54) is 11.1 Å². The number of fused-ring (bicyclic) bond motifs is 4. The number of nitrogens with zero attached hydrogens (tertiary/aromatic N) is 1. The molecule has 0 heterocycles. The number of hydrogen-bond donors (Lipinski definition) is 3. The topological polar surface area (TPSA) is 72.8 Å². The molecule has 0 radical (unpaired) electrons. The van der Waals surface area contributed by atoms with Crippen molar-refractivity contribution in [3.05, 3.63) is 59.2 Å². The van der Waals surface area contributed by atoms with Crippen LogP contribution in [0.5, 0.6) is 0 Å². The summed E-state index contributed by atoms with van der Waals surface area (Å²) in [7, 11) is 4.26. The Bertz CT molecular complexity index is 1110. The van der Waals surface area contributed by atoms with Gasteiger partial charge in [-0.2, -0.15) is 0 Å². The van der Waals surface area contributed by atoms with Gasteiger partial charge in [-0.05, 0) is 99.9 Å². The molecule has 0 aliphatic heterocycles. The largest absolute Gasteiger partial charge is 0.396 e. The second-order valence-corrected chi connectivity index (χ2v) is 13.7. The van der Waals surface area contributed by atoms with Crippen LogP contribution in [0.15, 0.2) is 53.6 Å². The third-order valence-electron chi connectivity index (χ3n) is 11.9. The maximum atomic E-state index is 13.1. The van der Waals surface area contributed by atoms with E-state index in [9.17, 15) is 15.0 Å². The molecule has 1 amide bonds. The molecule has 38 heavy (non-hydrogen) atoms. The van der Waals surface area contributed by atoms with Gasteiger partial charge in [-0.25, -0.2) is 0 Å². The normalized spacial score (nSPS) is 41.2. The van der Waals surface area contributed by atoms with Crippen molar-refractivity contribution in [3.8, 4) is 0 Å². The minimum absolute atomic E-state index is 0.0204. The van der Waals surface area contributed by atoms with Gasteiger partial charge in [-0.3, -0.25) is 4.79 Å². The van der Waals surface area contributed by atoms with E-state index in [1.807, 2.05) is 30.3 Å². The van der Waals surface area contributed by atoms with Gasteiger partial charge in [0.05, 0.1) is 12.7 Å². The number of nitrogens with one attached hydrogen (secondary N) is 1. The summed E-state index contributed by atoms with van der Waals surface area (Å²) in [6, 6.07) is 9.63. The first kappa shape index (κ1) is 27.6. The Balaban J connectivity index is 1.43. The van der Waals surface area contributed by atoms with Gasteiger partial charge in [0.25, 0.3) is 5.91 Å². The maximum absolute atomic E-state index is 13.1. The van der Waals surface area contributed by atoms with Crippen molar-refractivity contribution in [1.82, 2.24) is 10.2 Å². The molecule has 0 spiro atoms. The van der Waals surface area contributed by atoms with E-state index in [0.29, 0.717) is 17.5 Å². The molecule has 208 valence electrons. The van der Waals surface area contributed by atoms with Crippen molar-refractivity contribution in [2.24, 2.45) is 34.0 Å². The molecule has 0 bridgehead atoms. The fraction of sp³-hybridized carbons (Fsp3) is 0.667. The first-order valence-electron chi connectivity index (χ1n) is 14.7. The van der Waals surface area contributed by atoms with Gasteiger partial charge in [0.1, 0.15) is 0 Å². The van der Waals surface area contributed by atoms with Gasteiger partial charge in [0, 0.05) is 29.0 Å². The molecule has 5 heteroatoms. The number of hydrogen-bond acceptors (Lipinski definition) is 4. The van der Waals surface area contributed by atoms with E-state index in [1.54, 1.807) is 0 Å². The highest BCUT2D eigenvalue weighted by Crippen LogP contribution is 2.68. The van der Waals surface area contributed by atoms with Gasteiger partial charge in [0.15, 0.2) is 0 Å². The minimum atomic E-state index is -0.413. The maximum Gasteiger partial charge on any atom is 0.251 e. The van der Waals surface area contributed by atoms with Crippen molar-refractivity contribution in [2.45, 2.75) is 84.4 Å². The number of amides is 1. The Labute approximate surface area is 229 Å². The summed E-state index contributed by atoms with van der Waals surface area (Å²) in [5.74, 6) is 0.802. The van der Waals surface area contributed by atoms with Gasteiger partial charge in [0.2, 0.25) is 0 Å². The van der Waals surface area contributed by atoms with Crippen molar-refractivity contribution in [2.75, 3.05) is 20.7 Å². The zero-order valence-corrected chi connectivity index (χ0v) is 24.2.